The van der Waals surface area contributed by atoms with Crippen molar-refractivity contribution in [2.75, 3.05) is 13.2 Å². The summed E-state index contributed by atoms with van der Waals surface area (Å²) in [7, 11) is 0. The van der Waals surface area contributed by atoms with Crippen molar-refractivity contribution in [2.24, 2.45) is 11.7 Å². The Hall–Kier alpha value is -2.60. The monoisotopic (exact) mass is 426 g/mol. The molecule has 0 spiro atoms. The van der Waals surface area contributed by atoms with Gasteiger partial charge in [0.25, 0.3) is 0 Å². The number of carbonyl (C=O) groups is 2. The molecule has 0 radical (unpaired) electrons. The summed E-state index contributed by atoms with van der Waals surface area (Å²) in [5.74, 6) is -0.597. The SMILES string of the molecule is CC1=C(C(N)=O)C(OCC2CCCCC2)C(C(=O)OCCCc2ccccc2)=C(C)N1. The first kappa shape index (κ1) is 23.1. The van der Waals surface area contributed by atoms with Crippen LogP contribution < -0.4 is 11.1 Å². The van der Waals surface area contributed by atoms with Gasteiger partial charge in [0.2, 0.25) is 5.91 Å². The lowest BCUT2D eigenvalue weighted by molar-refractivity contribution is -0.140. The number of esters is 1. The van der Waals surface area contributed by atoms with E-state index in [0.29, 0.717) is 41.7 Å². The van der Waals surface area contributed by atoms with Gasteiger partial charge in [-0.25, -0.2) is 4.79 Å². The molecule has 1 aromatic rings. The Balaban J connectivity index is 1.66. The Morgan fingerprint density at radius 1 is 1.03 bits per heavy atom. The number of benzene rings is 1. The van der Waals surface area contributed by atoms with E-state index in [4.69, 9.17) is 15.2 Å². The van der Waals surface area contributed by atoms with Gasteiger partial charge in [-0.1, -0.05) is 49.6 Å². The summed E-state index contributed by atoms with van der Waals surface area (Å²) in [6, 6.07) is 10.1. The van der Waals surface area contributed by atoms with E-state index in [1.54, 1.807) is 13.8 Å². The molecule has 1 aliphatic heterocycles. The first-order valence-electron chi connectivity index (χ1n) is 11.3. The second-order valence-corrected chi connectivity index (χ2v) is 8.51. The van der Waals surface area contributed by atoms with Gasteiger partial charge < -0.3 is 20.5 Å². The molecule has 3 rings (SSSR count). The molecule has 168 valence electrons. The maximum atomic E-state index is 13.0. The second kappa shape index (κ2) is 11.1. The number of allylic oxidation sites excluding steroid dienone is 2. The zero-order valence-corrected chi connectivity index (χ0v) is 18.6. The largest absolute Gasteiger partial charge is 0.462 e. The normalized spacial score (nSPS) is 19.9. The molecule has 31 heavy (non-hydrogen) atoms. The minimum Gasteiger partial charge on any atom is -0.462 e. The summed E-state index contributed by atoms with van der Waals surface area (Å²) in [4.78, 5) is 25.2. The number of carbonyl (C=O) groups excluding carboxylic acids is 2. The van der Waals surface area contributed by atoms with Crippen LogP contribution >= 0.6 is 0 Å². The summed E-state index contributed by atoms with van der Waals surface area (Å²) in [5.41, 5.74) is 8.78. The zero-order chi connectivity index (χ0) is 22.2. The summed E-state index contributed by atoms with van der Waals surface area (Å²) in [5, 5.41) is 3.10. The van der Waals surface area contributed by atoms with E-state index in [1.165, 1.54) is 24.8 Å². The van der Waals surface area contributed by atoms with E-state index in [-0.39, 0.29) is 0 Å². The van der Waals surface area contributed by atoms with Crippen LogP contribution in [0.25, 0.3) is 0 Å². The third kappa shape index (κ3) is 6.20. The molecular weight excluding hydrogens is 392 g/mol. The van der Waals surface area contributed by atoms with Crippen LogP contribution in [-0.4, -0.2) is 31.2 Å². The molecule has 2 aliphatic rings. The van der Waals surface area contributed by atoms with Crippen LogP contribution in [0.15, 0.2) is 52.9 Å². The van der Waals surface area contributed by atoms with Crippen molar-refractivity contribution >= 4 is 11.9 Å². The summed E-state index contributed by atoms with van der Waals surface area (Å²) in [6.07, 6.45) is 6.64. The first-order chi connectivity index (χ1) is 15.0. The molecule has 1 aromatic carbocycles. The van der Waals surface area contributed by atoms with Gasteiger partial charge in [-0.05, 0) is 51.0 Å². The summed E-state index contributed by atoms with van der Waals surface area (Å²) >= 11 is 0. The number of hydrogen-bond acceptors (Lipinski definition) is 5. The van der Waals surface area contributed by atoms with Crippen LogP contribution in [0.2, 0.25) is 0 Å². The quantitative estimate of drug-likeness (QED) is 0.463. The number of dihydropyridines is 1. The van der Waals surface area contributed by atoms with Gasteiger partial charge in [-0.2, -0.15) is 0 Å². The lowest BCUT2D eigenvalue weighted by Crippen LogP contribution is -2.40. The number of primary amides is 1. The highest BCUT2D eigenvalue weighted by Crippen LogP contribution is 2.30. The highest BCUT2D eigenvalue weighted by atomic mass is 16.5. The minimum absolute atomic E-state index is 0.300. The van der Waals surface area contributed by atoms with E-state index in [9.17, 15) is 9.59 Å². The number of aryl methyl sites for hydroxylation is 1. The molecule has 6 heteroatoms. The van der Waals surface area contributed by atoms with E-state index in [1.807, 2.05) is 18.2 Å². The Bertz CT molecular complexity index is 838. The van der Waals surface area contributed by atoms with Gasteiger partial charge in [0, 0.05) is 11.4 Å². The Labute approximate surface area is 184 Å². The van der Waals surface area contributed by atoms with Gasteiger partial charge in [0.15, 0.2) is 0 Å². The summed E-state index contributed by atoms with van der Waals surface area (Å²) < 4.78 is 11.8. The molecule has 1 amide bonds. The van der Waals surface area contributed by atoms with E-state index in [2.05, 4.69) is 17.4 Å². The van der Waals surface area contributed by atoms with E-state index in [0.717, 1.165) is 25.7 Å². The Morgan fingerprint density at radius 3 is 2.39 bits per heavy atom. The molecule has 0 bridgehead atoms. The number of amides is 1. The highest BCUT2D eigenvalue weighted by Gasteiger charge is 2.36. The minimum atomic E-state index is -0.790. The summed E-state index contributed by atoms with van der Waals surface area (Å²) in [6.45, 7) is 4.39. The van der Waals surface area contributed by atoms with Crippen molar-refractivity contribution in [2.45, 2.75) is 64.9 Å². The predicted octanol–water partition coefficient (Wildman–Crippen LogP) is 3.76. The number of ether oxygens (including phenoxy) is 2. The van der Waals surface area contributed by atoms with Gasteiger partial charge in [0.05, 0.1) is 24.4 Å². The van der Waals surface area contributed by atoms with Gasteiger partial charge in [0.1, 0.15) is 6.10 Å². The molecule has 1 unspecified atom stereocenters. The van der Waals surface area contributed by atoms with Crippen molar-refractivity contribution in [1.82, 2.24) is 5.32 Å². The van der Waals surface area contributed by atoms with Crippen LogP contribution in [-0.2, 0) is 25.5 Å². The molecular formula is C25H34N2O4. The maximum Gasteiger partial charge on any atom is 0.338 e. The molecule has 6 nitrogen and oxygen atoms in total. The molecule has 1 heterocycles. The fourth-order valence-electron chi connectivity index (χ4n) is 4.44. The molecule has 3 N–H and O–H groups in total. The molecule has 0 saturated heterocycles. The second-order valence-electron chi connectivity index (χ2n) is 8.51. The smallest absolute Gasteiger partial charge is 0.338 e. The van der Waals surface area contributed by atoms with Crippen molar-refractivity contribution in [3.63, 3.8) is 0 Å². The lowest BCUT2D eigenvalue weighted by atomic mass is 9.89. The average Bonchev–Trinajstić information content (AvgIpc) is 2.76. The predicted molar refractivity (Wildman–Crippen MR) is 120 cm³/mol. The third-order valence-electron chi connectivity index (χ3n) is 6.10. The molecule has 1 atom stereocenters. The van der Waals surface area contributed by atoms with Crippen LogP contribution in [0.1, 0.15) is 57.9 Å². The van der Waals surface area contributed by atoms with Crippen molar-refractivity contribution in [1.29, 1.82) is 0 Å². The Kier molecular flexibility index (Phi) is 8.29. The lowest BCUT2D eigenvalue weighted by Gasteiger charge is -2.31. The average molecular weight is 427 g/mol. The van der Waals surface area contributed by atoms with Crippen LogP contribution in [0.3, 0.4) is 0 Å². The van der Waals surface area contributed by atoms with Crippen LogP contribution in [0.4, 0.5) is 0 Å². The number of nitrogens with one attached hydrogen (secondary N) is 1. The van der Waals surface area contributed by atoms with Crippen LogP contribution in [0.5, 0.6) is 0 Å². The van der Waals surface area contributed by atoms with Crippen molar-refractivity contribution in [3.05, 3.63) is 58.4 Å². The van der Waals surface area contributed by atoms with E-state index < -0.39 is 18.0 Å². The standard InChI is InChI=1S/C25H34N2O4/c1-17-21(24(26)28)23(31-16-20-12-7-4-8-13-20)22(18(2)27-17)25(29)30-15-9-14-19-10-5-3-6-11-19/h3,5-6,10-11,20,23,27H,4,7-9,12-16H2,1-2H3,(H2,26,28). The number of rotatable bonds is 9. The number of hydrogen-bond donors (Lipinski definition) is 2. The molecule has 1 aliphatic carbocycles. The molecule has 1 saturated carbocycles. The zero-order valence-electron chi connectivity index (χ0n) is 18.6. The van der Waals surface area contributed by atoms with Crippen molar-refractivity contribution in [3.8, 4) is 0 Å². The van der Waals surface area contributed by atoms with Crippen LogP contribution in [0, 0.1) is 5.92 Å². The van der Waals surface area contributed by atoms with Gasteiger partial charge in [-0.3, -0.25) is 4.79 Å². The molecule has 0 aromatic heterocycles. The molecule has 1 fully saturated rings. The topological polar surface area (TPSA) is 90.7 Å². The third-order valence-corrected chi connectivity index (χ3v) is 6.10. The van der Waals surface area contributed by atoms with Gasteiger partial charge >= 0.3 is 5.97 Å². The maximum absolute atomic E-state index is 13.0. The van der Waals surface area contributed by atoms with Crippen molar-refractivity contribution < 1.29 is 19.1 Å². The van der Waals surface area contributed by atoms with E-state index >= 15 is 0 Å². The first-order valence-corrected chi connectivity index (χ1v) is 11.3. The Morgan fingerprint density at radius 2 is 1.71 bits per heavy atom. The highest BCUT2D eigenvalue weighted by molar-refractivity contribution is 6.00. The number of nitrogens with two attached hydrogens (primary N) is 1. The van der Waals surface area contributed by atoms with Gasteiger partial charge in [-0.15, -0.1) is 0 Å². The fourth-order valence-corrected chi connectivity index (χ4v) is 4.44. The fraction of sp³-hybridized carbons (Fsp3) is 0.520.